The molecule has 4 atom stereocenters. The van der Waals surface area contributed by atoms with Gasteiger partial charge in [0, 0.05) is 25.6 Å². The Kier molecular flexibility index (Phi) is 4.45. The van der Waals surface area contributed by atoms with Gasteiger partial charge in [0.05, 0.1) is 36.5 Å². The fourth-order valence-electron chi connectivity index (χ4n) is 4.35. The highest BCUT2D eigenvalue weighted by molar-refractivity contribution is 5.79. The van der Waals surface area contributed by atoms with Crippen molar-refractivity contribution in [1.82, 2.24) is 10.2 Å². The second-order valence-electron chi connectivity index (χ2n) is 7.44. The number of hydrogen-bond acceptors (Lipinski definition) is 5. The highest BCUT2D eigenvalue weighted by Gasteiger charge is 2.56. The quantitative estimate of drug-likeness (QED) is 0.860. The predicted molar refractivity (Wildman–Crippen MR) is 92.7 cm³/mol. The summed E-state index contributed by atoms with van der Waals surface area (Å²) >= 11 is 0. The maximum Gasteiger partial charge on any atom is 0.237 e. The normalized spacial score (nSPS) is 31.3. The molecular formula is C19H19F2N5O. The lowest BCUT2D eigenvalue weighted by molar-refractivity contribution is -0.130. The van der Waals surface area contributed by atoms with Gasteiger partial charge in [0.2, 0.25) is 5.91 Å². The molecule has 6 nitrogen and oxygen atoms in total. The fourth-order valence-corrected chi connectivity index (χ4v) is 4.35. The number of fused-ring (bicyclic) bond motifs is 1. The molecule has 2 aliphatic heterocycles. The van der Waals surface area contributed by atoms with Gasteiger partial charge in [-0.25, -0.2) is 8.78 Å². The van der Waals surface area contributed by atoms with Gasteiger partial charge in [-0.15, -0.1) is 0 Å². The van der Waals surface area contributed by atoms with Crippen LogP contribution in [0.3, 0.4) is 0 Å². The third kappa shape index (κ3) is 3.22. The molecule has 2 saturated heterocycles. The van der Waals surface area contributed by atoms with E-state index in [9.17, 15) is 13.6 Å². The third-order valence-electron chi connectivity index (χ3n) is 5.82. The van der Waals surface area contributed by atoms with Crippen LogP contribution in [0.25, 0.3) is 0 Å². The number of alkyl halides is 1. The number of carbonyl (C=O) groups excluding carboxylic acids is 1. The number of benzene rings is 1. The predicted octanol–water partition coefficient (Wildman–Crippen LogP) is 1.18. The Hall–Kier alpha value is -2.71. The first kappa shape index (κ1) is 17.7. The maximum absolute atomic E-state index is 14.1. The van der Waals surface area contributed by atoms with E-state index in [2.05, 4.69) is 5.32 Å². The minimum absolute atomic E-state index is 0.0119. The van der Waals surface area contributed by atoms with Crippen LogP contribution in [0, 0.1) is 40.3 Å². The third-order valence-corrected chi connectivity index (χ3v) is 5.82. The van der Waals surface area contributed by atoms with E-state index in [1.807, 2.05) is 17.0 Å². The summed E-state index contributed by atoms with van der Waals surface area (Å²) in [5.41, 5.74) is 0.797. The van der Waals surface area contributed by atoms with Gasteiger partial charge in [-0.05, 0) is 30.0 Å². The van der Waals surface area contributed by atoms with Gasteiger partial charge in [-0.3, -0.25) is 4.79 Å². The first-order valence-electron chi connectivity index (χ1n) is 9.03. The second kappa shape index (κ2) is 6.79. The largest absolute Gasteiger partial charge is 0.368 e. The highest BCUT2D eigenvalue weighted by Crippen LogP contribution is 2.47. The van der Waals surface area contributed by atoms with Crippen molar-refractivity contribution in [3.63, 3.8) is 0 Å². The molecule has 1 aromatic carbocycles. The van der Waals surface area contributed by atoms with E-state index in [0.717, 1.165) is 0 Å². The van der Waals surface area contributed by atoms with E-state index in [0.29, 0.717) is 36.2 Å². The van der Waals surface area contributed by atoms with E-state index in [1.165, 1.54) is 11.0 Å². The van der Waals surface area contributed by atoms with Gasteiger partial charge in [-0.2, -0.15) is 10.5 Å². The molecule has 1 aliphatic carbocycles. The van der Waals surface area contributed by atoms with E-state index < -0.39 is 18.0 Å². The minimum atomic E-state index is -1.13. The van der Waals surface area contributed by atoms with Crippen LogP contribution in [0.2, 0.25) is 0 Å². The van der Waals surface area contributed by atoms with Crippen LogP contribution in [0.4, 0.5) is 14.5 Å². The summed E-state index contributed by atoms with van der Waals surface area (Å²) in [6.07, 6.45) is -1.04. The van der Waals surface area contributed by atoms with Gasteiger partial charge in [0.1, 0.15) is 18.0 Å². The monoisotopic (exact) mass is 371 g/mol. The van der Waals surface area contributed by atoms with E-state index >= 15 is 0 Å². The molecule has 3 fully saturated rings. The minimum Gasteiger partial charge on any atom is -0.368 e. The van der Waals surface area contributed by atoms with Crippen LogP contribution in [0.5, 0.6) is 0 Å². The van der Waals surface area contributed by atoms with E-state index in [1.54, 1.807) is 12.1 Å². The van der Waals surface area contributed by atoms with Crippen molar-refractivity contribution in [3.8, 4) is 12.1 Å². The summed E-state index contributed by atoms with van der Waals surface area (Å²) in [6, 6.07) is 7.90. The van der Waals surface area contributed by atoms with Gasteiger partial charge in [-0.1, -0.05) is 0 Å². The van der Waals surface area contributed by atoms with Gasteiger partial charge in [0.25, 0.3) is 0 Å². The Labute approximate surface area is 156 Å². The van der Waals surface area contributed by atoms with Gasteiger partial charge >= 0.3 is 0 Å². The molecule has 140 valence electrons. The van der Waals surface area contributed by atoms with Crippen LogP contribution in [-0.4, -0.2) is 55.2 Å². The number of carbonyl (C=O) groups is 1. The fraction of sp³-hybridized carbons (Fsp3) is 0.526. The van der Waals surface area contributed by atoms with Crippen molar-refractivity contribution in [2.75, 3.05) is 31.1 Å². The van der Waals surface area contributed by atoms with Crippen molar-refractivity contribution in [1.29, 1.82) is 10.5 Å². The number of anilines is 1. The number of nitriles is 2. The smallest absolute Gasteiger partial charge is 0.237 e. The Balaban J connectivity index is 1.28. The first-order valence-corrected chi connectivity index (χ1v) is 9.03. The number of nitrogens with one attached hydrogen (secondary N) is 1. The highest BCUT2D eigenvalue weighted by atomic mass is 19.1. The average molecular weight is 371 g/mol. The zero-order valence-electron chi connectivity index (χ0n) is 14.6. The second-order valence-corrected chi connectivity index (χ2v) is 7.44. The molecule has 3 aliphatic rings. The molecule has 0 aromatic heterocycles. The van der Waals surface area contributed by atoms with Gasteiger partial charge < -0.3 is 15.1 Å². The number of hydrogen-bond donors (Lipinski definition) is 1. The summed E-state index contributed by atoms with van der Waals surface area (Å²) in [7, 11) is 0. The number of amides is 1. The van der Waals surface area contributed by atoms with Crippen molar-refractivity contribution in [3.05, 3.63) is 29.6 Å². The number of halogens is 2. The Morgan fingerprint density at radius 2 is 2.00 bits per heavy atom. The molecular weight excluding hydrogens is 352 g/mol. The van der Waals surface area contributed by atoms with Crippen molar-refractivity contribution in [2.24, 2.45) is 11.8 Å². The molecule has 0 bridgehead atoms. The van der Waals surface area contributed by atoms with Crippen LogP contribution in [0.15, 0.2) is 18.2 Å². The number of piperidine rings is 1. The molecule has 2 unspecified atom stereocenters. The van der Waals surface area contributed by atoms with Crippen LogP contribution >= 0.6 is 0 Å². The molecule has 8 heteroatoms. The van der Waals surface area contributed by atoms with E-state index in [4.69, 9.17) is 10.5 Å². The zero-order valence-corrected chi connectivity index (χ0v) is 14.6. The number of rotatable bonds is 4. The Morgan fingerprint density at radius 1 is 1.26 bits per heavy atom. The maximum atomic E-state index is 14.1. The van der Waals surface area contributed by atoms with E-state index in [-0.39, 0.29) is 31.5 Å². The van der Waals surface area contributed by atoms with Crippen molar-refractivity contribution in [2.45, 2.75) is 24.7 Å². The molecule has 1 saturated carbocycles. The lowest BCUT2D eigenvalue weighted by Gasteiger charge is -2.23. The Morgan fingerprint density at radius 3 is 2.63 bits per heavy atom. The van der Waals surface area contributed by atoms with Crippen LogP contribution in [0.1, 0.15) is 12.0 Å². The SMILES string of the molecule is N#Cc1ccc(N2CC3C(C2)C3NCC(=O)N2C[C@@H](F)C[C@H]2C#N)c(F)c1. The van der Waals surface area contributed by atoms with Crippen LogP contribution in [-0.2, 0) is 4.79 Å². The molecule has 1 N–H and O–H groups in total. The average Bonchev–Trinajstić information content (AvgIpc) is 2.99. The summed E-state index contributed by atoms with van der Waals surface area (Å²) < 4.78 is 27.6. The van der Waals surface area contributed by atoms with Crippen LogP contribution < -0.4 is 10.2 Å². The summed E-state index contributed by atoms with van der Waals surface area (Å²) in [4.78, 5) is 15.5. The molecule has 2 heterocycles. The first-order chi connectivity index (χ1) is 13.0. The summed E-state index contributed by atoms with van der Waals surface area (Å²) in [6.45, 7) is 1.46. The lowest BCUT2D eigenvalue weighted by atomic mass is 10.2. The molecule has 4 rings (SSSR count). The Bertz CT molecular complexity index is 835. The molecule has 1 aromatic rings. The summed E-state index contributed by atoms with van der Waals surface area (Å²) in [5.74, 6) is 0.0354. The zero-order chi connectivity index (χ0) is 19.1. The molecule has 1 amide bonds. The topological polar surface area (TPSA) is 83.2 Å². The standard InChI is InChI=1S/C19H19F2N5O/c20-12-4-13(6-23)26(8-12)18(27)7-24-19-14-9-25(10-15(14)19)17-2-1-11(5-22)3-16(17)21/h1-3,12-15,19,24H,4,7-10H2/t12-,13-,14?,15?,19?/m0/s1. The summed E-state index contributed by atoms with van der Waals surface area (Å²) in [5, 5.41) is 21.1. The lowest BCUT2D eigenvalue weighted by Crippen LogP contribution is -2.43. The molecule has 0 radical (unpaired) electrons. The van der Waals surface area contributed by atoms with Crippen molar-refractivity contribution >= 4 is 11.6 Å². The number of likely N-dealkylation sites (tertiary alicyclic amines) is 1. The van der Waals surface area contributed by atoms with Crippen molar-refractivity contribution < 1.29 is 13.6 Å². The molecule has 27 heavy (non-hydrogen) atoms. The molecule has 0 spiro atoms. The van der Waals surface area contributed by atoms with Gasteiger partial charge in [0.15, 0.2) is 0 Å². The number of nitrogens with zero attached hydrogens (tertiary/aromatic N) is 4.